The molecule has 0 radical (unpaired) electrons. The molecular formula is C22H19ClN2O. The van der Waals surface area contributed by atoms with Crippen LogP contribution in [0.3, 0.4) is 0 Å². The second-order valence-corrected chi connectivity index (χ2v) is 7.09. The second-order valence-electron chi connectivity index (χ2n) is 6.66. The average Bonchev–Trinajstić information content (AvgIpc) is 3.01. The first-order chi connectivity index (χ1) is 12.6. The molecule has 1 atom stereocenters. The van der Waals surface area contributed by atoms with Crippen LogP contribution in [0.25, 0.3) is 11.1 Å². The molecule has 0 spiro atoms. The van der Waals surface area contributed by atoms with Crippen LogP contribution in [-0.2, 0) is 12.8 Å². The van der Waals surface area contributed by atoms with Crippen molar-refractivity contribution in [3.05, 3.63) is 88.4 Å². The smallest absolute Gasteiger partial charge is 0.256 e. The Labute approximate surface area is 157 Å². The molecule has 26 heavy (non-hydrogen) atoms. The number of rotatable bonds is 3. The molecular weight excluding hydrogens is 344 g/mol. The van der Waals surface area contributed by atoms with Gasteiger partial charge in [0, 0.05) is 22.3 Å². The Morgan fingerprint density at radius 1 is 0.962 bits per heavy atom. The number of fused-ring (bicyclic) bond motifs is 1. The lowest BCUT2D eigenvalue weighted by Crippen LogP contribution is -2.19. The fraction of sp³-hybridized carbons (Fsp3) is 0.136. The van der Waals surface area contributed by atoms with Gasteiger partial charge in [-0.2, -0.15) is 0 Å². The minimum Gasteiger partial charge on any atom is -0.327 e. The fourth-order valence-electron chi connectivity index (χ4n) is 3.49. The number of hydrogen-bond acceptors (Lipinski definition) is 2. The third-order valence-electron chi connectivity index (χ3n) is 4.76. The van der Waals surface area contributed by atoms with Crippen molar-refractivity contribution in [3.8, 4) is 11.1 Å². The number of nitrogens with one attached hydrogen (secondary N) is 1. The maximum Gasteiger partial charge on any atom is 0.256 e. The Morgan fingerprint density at radius 3 is 2.50 bits per heavy atom. The first-order valence-electron chi connectivity index (χ1n) is 8.64. The summed E-state index contributed by atoms with van der Waals surface area (Å²) in [5, 5.41) is 3.69. The zero-order chi connectivity index (χ0) is 18.1. The summed E-state index contributed by atoms with van der Waals surface area (Å²) < 4.78 is 0. The maximum absolute atomic E-state index is 12.9. The van der Waals surface area contributed by atoms with Crippen molar-refractivity contribution < 1.29 is 4.79 Å². The summed E-state index contributed by atoms with van der Waals surface area (Å²) in [7, 11) is 0. The molecule has 0 heterocycles. The van der Waals surface area contributed by atoms with E-state index >= 15 is 0 Å². The molecule has 1 aliphatic carbocycles. The third-order valence-corrected chi connectivity index (χ3v) is 5.01. The highest BCUT2D eigenvalue weighted by atomic mass is 35.5. The molecule has 0 saturated carbocycles. The van der Waals surface area contributed by atoms with Gasteiger partial charge < -0.3 is 11.1 Å². The van der Waals surface area contributed by atoms with Crippen molar-refractivity contribution in [1.82, 2.24) is 0 Å². The number of benzene rings is 3. The second kappa shape index (κ2) is 6.94. The van der Waals surface area contributed by atoms with E-state index in [2.05, 4.69) is 11.4 Å². The molecule has 130 valence electrons. The lowest BCUT2D eigenvalue weighted by molar-refractivity contribution is 0.102. The molecule has 1 amide bonds. The van der Waals surface area contributed by atoms with E-state index in [4.69, 9.17) is 17.3 Å². The normalized spacial score (nSPS) is 15.5. The quantitative estimate of drug-likeness (QED) is 0.710. The molecule has 0 aliphatic heterocycles. The monoisotopic (exact) mass is 362 g/mol. The van der Waals surface area contributed by atoms with Crippen LogP contribution in [0, 0.1) is 0 Å². The van der Waals surface area contributed by atoms with Gasteiger partial charge in [-0.05, 0) is 65.4 Å². The average molecular weight is 363 g/mol. The van der Waals surface area contributed by atoms with Gasteiger partial charge in [-0.1, -0.05) is 48.0 Å². The van der Waals surface area contributed by atoms with Crippen molar-refractivity contribution in [2.75, 3.05) is 5.32 Å². The largest absolute Gasteiger partial charge is 0.327 e. The minimum atomic E-state index is -0.127. The number of nitrogens with two attached hydrogens (primary N) is 1. The van der Waals surface area contributed by atoms with Crippen molar-refractivity contribution in [2.24, 2.45) is 5.73 Å². The van der Waals surface area contributed by atoms with Gasteiger partial charge >= 0.3 is 0 Å². The molecule has 1 unspecified atom stereocenters. The summed E-state index contributed by atoms with van der Waals surface area (Å²) in [6.07, 6.45) is 1.77. The van der Waals surface area contributed by atoms with Crippen LogP contribution < -0.4 is 11.1 Å². The molecule has 1 aliphatic rings. The molecule has 4 rings (SSSR count). The summed E-state index contributed by atoms with van der Waals surface area (Å²) in [4.78, 5) is 12.9. The molecule has 0 aromatic heterocycles. The predicted molar refractivity (Wildman–Crippen MR) is 107 cm³/mol. The highest BCUT2D eigenvalue weighted by molar-refractivity contribution is 6.30. The summed E-state index contributed by atoms with van der Waals surface area (Å²) >= 11 is 5.98. The van der Waals surface area contributed by atoms with Gasteiger partial charge in [0.1, 0.15) is 0 Å². The molecule has 0 saturated heterocycles. The Hall–Kier alpha value is -2.62. The van der Waals surface area contributed by atoms with Gasteiger partial charge in [-0.15, -0.1) is 0 Å². The van der Waals surface area contributed by atoms with Crippen LogP contribution in [-0.4, -0.2) is 11.9 Å². The lowest BCUT2D eigenvalue weighted by Gasteiger charge is -2.11. The standard InChI is InChI=1S/C22H19ClN2O/c23-17-8-5-14(6-9-17)20-3-1-2-4-21(20)22(26)25-19-10-7-15-11-18(24)12-16(15)13-19/h1-10,13,18H,11-12,24H2,(H,25,26). The SMILES string of the molecule is NC1Cc2ccc(NC(=O)c3ccccc3-c3ccc(Cl)cc3)cc2C1. The number of carbonyl (C=O) groups excluding carboxylic acids is 1. The Kier molecular flexibility index (Phi) is 4.49. The summed E-state index contributed by atoms with van der Waals surface area (Å²) in [6, 6.07) is 21.3. The summed E-state index contributed by atoms with van der Waals surface area (Å²) in [5.74, 6) is -0.127. The topological polar surface area (TPSA) is 55.1 Å². The van der Waals surface area contributed by atoms with Crippen molar-refractivity contribution in [3.63, 3.8) is 0 Å². The number of halogens is 1. The molecule has 3 N–H and O–H groups in total. The number of anilines is 1. The Bertz CT molecular complexity index is 966. The van der Waals surface area contributed by atoms with E-state index in [0.29, 0.717) is 10.6 Å². The Morgan fingerprint density at radius 2 is 1.69 bits per heavy atom. The van der Waals surface area contributed by atoms with E-state index in [-0.39, 0.29) is 11.9 Å². The van der Waals surface area contributed by atoms with Crippen molar-refractivity contribution in [1.29, 1.82) is 0 Å². The van der Waals surface area contributed by atoms with Gasteiger partial charge in [0.25, 0.3) is 5.91 Å². The van der Waals surface area contributed by atoms with E-state index in [1.54, 1.807) is 0 Å². The van der Waals surface area contributed by atoms with Gasteiger partial charge in [0.05, 0.1) is 0 Å². The summed E-state index contributed by atoms with van der Waals surface area (Å²) in [6.45, 7) is 0. The number of hydrogen-bond donors (Lipinski definition) is 2. The number of amides is 1. The van der Waals surface area contributed by atoms with E-state index in [1.807, 2.05) is 60.7 Å². The third kappa shape index (κ3) is 3.36. The fourth-order valence-corrected chi connectivity index (χ4v) is 3.62. The van der Waals surface area contributed by atoms with Gasteiger partial charge in [0.15, 0.2) is 0 Å². The van der Waals surface area contributed by atoms with Gasteiger partial charge in [-0.25, -0.2) is 0 Å². The molecule has 3 nitrogen and oxygen atoms in total. The van der Waals surface area contributed by atoms with E-state index in [9.17, 15) is 4.79 Å². The molecule has 3 aromatic rings. The van der Waals surface area contributed by atoms with Gasteiger partial charge in [0.2, 0.25) is 0 Å². The first-order valence-corrected chi connectivity index (χ1v) is 9.01. The molecule has 0 fully saturated rings. The number of carbonyl (C=O) groups is 1. The van der Waals surface area contributed by atoms with Gasteiger partial charge in [-0.3, -0.25) is 4.79 Å². The highest BCUT2D eigenvalue weighted by Crippen LogP contribution is 2.28. The van der Waals surface area contributed by atoms with E-state index in [0.717, 1.165) is 29.7 Å². The highest BCUT2D eigenvalue weighted by Gasteiger charge is 2.19. The van der Waals surface area contributed by atoms with Crippen LogP contribution >= 0.6 is 11.6 Å². The molecule has 3 aromatic carbocycles. The zero-order valence-corrected chi connectivity index (χ0v) is 15.0. The van der Waals surface area contributed by atoms with Crippen LogP contribution in [0.5, 0.6) is 0 Å². The minimum absolute atomic E-state index is 0.127. The zero-order valence-electron chi connectivity index (χ0n) is 14.2. The lowest BCUT2D eigenvalue weighted by atomic mass is 9.99. The maximum atomic E-state index is 12.9. The molecule has 0 bridgehead atoms. The van der Waals surface area contributed by atoms with Crippen LogP contribution in [0.15, 0.2) is 66.7 Å². The van der Waals surface area contributed by atoms with Crippen LogP contribution in [0.2, 0.25) is 5.02 Å². The Balaban J connectivity index is 1.61. The van der Waals surface area contributed by atoms with E-state index < -0.39 is 0 Å². The van der Waals surface area contributed by atoms with Crippen molar-refractivity contribution in [2.45, 2.75) is 18.9 Å². The van der Waals surface area contributed by atoms with Crippen LogP contribution in [0.4, 0.5) is 5.69 Å². The predicted octanol–water partition coefficient (Wildman–Crippen LogP) is 4.69. The van der Waals surface area contributed by atoms with Crippen molar-refractivity contribution >= 4 is 23.2 Å². The first kappa shape index (κ1) is 16.8. The summed E-state index contributed by atoms with van der Waals surface area (Å²) in [5.41, 5.74) is 11.8. The van der Waals surface area contributed by atoms with Crippen LogP contribution in [0.1, 0.15) is 21.5 Å². The molecule has 4 heteroatoms. The van der Waals surface area contributed by atoms with E-state index in [1.165, 1.54) is 11.1 Å².